The van der Waals surface area contributed by atoms with Crippen LogP contribution in [-0.2, 0) is 33.2 Å². The fraction of sp³-hybridized carbons (Fsp3) is 0.0526. The van der Waals surface area contributed by atoms with E-state index >= 15 is 0 Å². The van der Waals surface area contributed by atoms with Crippen LogP contribution < -0.4 is 31.1 Å². The second-order valence-electron chi connectivity index (χ2n) is 13.0. The SMILES string of the molecule is C[Si]1CO[Si](O)(c2ccccc2)O[Si]2(c3ccccc3)O[Si](O)(c3ccccc3)O[Si](O[Si](O)c3ccccc3)(c3ccccc3)O[Si](c3ccccc3)(O1)O2. The summed E-state index contributed by atoms with van der Waals surface area (Å²) in [4.78, 5) is 38.2. The summed E-state index contributed by atoms with van der Waals surface area (Å²) in [6.45, 7) is 1.89. The molecule has 2 aliphatic rings. The zero-order chi connectivity index (χ0) is 38.7. The molecule has 18 heteroatoms. The quantitative estimate of drug-likeness (QED) is 0.189. The van der Waals surface area contributed by atoms with Crippen molar-refractivity contribution in [3.63, 3.8) is 0 Å². The number of fused-ring (bicyclic) bond motifs is 2. The van der Waals surface area contributed by atoms with Gasteiger partial charge in [0.25, 0.3) is 0 Å². The highest BCUT2D eigenvalue weighted by molar-refractivity contribution is 7.04. The summed E-state index contributed by atoms with van der Waals surface area (Å²) >= 11 is 0. The molecule has 0 amide bonds. The highest BCUT2D eigenvalue weighted by Crippen LogP contribution is 2.35. The fourth-order valence-corrected chi connectivity index (χ4v) is 33.7. The van der Waals surface area contributed by atoms with Crippen LogP contribution in [0.1, 0.15) is 0 Å². The van der Waals surface area contributed by atoms with Gasteiger partial charge in [-0.2, -0.15) is 0 Å². The molecule has 284 valence electrons. The number of benzene rings is 6. The first kappa shape index (κ1) is 39.2. The summed E-state index contributed by atoms with van der Waals surface area (Å²) < 4.78 is 56.9. The molecule has 5 unspecified atom stereocenters. The van der Waals surface area contributed by atoms with E-state index in [1.807, 2.05) is 67.2 Å². The molecule has 0 aliphatic carbocycles. The lowest BCUT2D eigenvalue weighted by atomic mass is 10.4. The average molecular weight is 867 g/mol. The van der Waals surface area contributed by atoms with E-state index in [4.69, 9.17) is 33.2 Å². The summed E-state index contributed by atoms with van der Waals surface area (Å²) in [6, 6.07) is 53.7. The van der Waals surface area contributed by atoms with Gasteiger partial charge in [0.15, 0.2) is 0 Å². The van der Waals surface area contributed by atoms with Gasteiger partial charge in [-0.05, 0) is 11.7 Å². The maximum absolute atomic E-state index is 13.4. The largest absolute Gasteiger partial charge is 0.527 e. The van der Waals surface area contributed by atoms with Gasteiger partial charge in [-0.3, -0.25) is 0 Å². The first-order valence-electron chi connectivity index (χ1n) is 17.8. The molecule has 11 nitrogen and oxygen atoms in total. The van der Waals surface area contributed by atoms with Crippen molar-refractivity contribution >= 4 is 93.5 Å². The molecule has 0 spiro atoms. The predicted octanol–water partition coefficient (Wildman–Crippen LogP) is 0.910. The van der Waals surface area contributed by atoms with E-state index < -0.39 is 62.3 Å². The van der Waals surface area contributed by atoms with Gasteiger partial charge in [0, 0.05) is 25.9 Å². The Morgan fingerprint density at radius 2 is 0.893 bits per heavy atom. The molecule has 2 aliphatic heterocycles. The minimum absolute atomic E-state index is 0.0309. The number of hydrogen-bond acceptors (Lipinski definition) is 11. The van der Waals surface area contributed by atoms with Gasteiger partial charge in [-0.25, -0.2) is 0 Å². The average Bonchev–Trinajstić information content (AvgIpc) is 3.29. The Kier molecular flexibility index (Phi) is 11.4. The highest BCUT2D eigenvalue weighted by Gasteiger charge is 2.73. The minimum atomic E-state index is -4.93. The lowest BCUT2D eigenvalue weighted by Crippen LogP contribution is -2.84. The van der Waals surface area contributed by atoms with Crippen LogP contribution in [0.15, 0.2) is 182 Å². The maximum atomic E-state index is 13.4. The van der Waals surface area contributed by atoms with Gasteiger partial charge < -0.3 is 47.6 Å². The Morgan fingerprint density at radius 1 is 0.482 bits per heavy atom. The molecular weight excluding hydrogens is 829 g/mol. The summed E-state index contributed by atoms with van der Waals surface area (Å²) in [5.74, 6) is 0. The normalized spacial score (nSPS) is 28.7. The molecule has 2 fully saturated rings. The van der Waals surface area contributed by atoms with Crippen LogP contribution in [0.5, 0.6) is 0 Å². The Balaban J connectivity index is 1.45. The van der Waals surface area contributed by atoms with Gasteiger partial charge in [-0.1, -0.05) is 182 Å². The first-order chi connectivity index (χ1) is 27.2. The standard InChI is InChI=1S/C38H38O11Si7/c1-50-32-42-52(40,34-22-10-3-11-23-34)45-56(38-30-18-7-19-31-38)47-53(41,35-24-12-4-13-25-35)46-55(37-28-16-6-17-29-37,44-51(39)33-20-8-2-9-21-33)48-54(43-50,49-56)36-26-14-5-15-27-36/h2-31,39-41H,32H2,1H3. The van der Waals surface area contributed by atoms with E-state index in [-0.39, 0.29) is 11.4 Å². The van der Waals surface area contributed by atoms with E-state index in [2.05, 4.69) is 0 Å². The second kappa shape index (κ2) is 16.3. The molecule has 56 heavy (non-hydrogen) atoms. The third kappa shape index (κ3) is 7.95. The van der Waals surface area contributed by atoms with Crippen molar-refractivity contribution in [3.05, 3.63) is 182 Å². The molecule has 2 bridgehead atoms. The van der Waals surface area contributed by atoms with Crippen molar-refractivity contribution in [1.29, 1.82) is 0 Å². The van der Waals surface area contributed by atoms with Gasteiger partial charge in [0.05, 0.1) is 6.23 Å². The maximum Gasteiger partial charge on any atom is 0.527 e. The smallest absolute Gasteiger partial charge is 0.410 e. The van der Waals surface area contributed by atoms with Gasteiger partial charge in [0.1, 0.15) is 0 Å². The molecule has 2 saturated heterocycles. The summed E-state index contributed by atoms with van der Waals surface area (Å²) in [7, 11) is -28.4. The van der Waals surface area contributed by atoms with Crippen molar-refractivity contribution < 1.29 is 47.6 Å². The lowest BCUT2D eigenvalue weighted by molar-refractivity contribution is 0.0901. The zero-order valence-corrected chi connectivity index (χ0v) is 37.1. The van der Waals surface area contributed by atoms with E-state index in [0.29, 0.717) is 25.9 Å². The van der Waals surface area contributed by atoms with Crippen LogP contribution >= 0.6 is 0 Å². The Labute approximate surface area is 334 Å². The number of rotatable bonds is 8. The van der Waals surface area contributed by atoms with Crippen molar-refractivity contribution in [2.45, 2.75) is 6.55 Å². The summed E-state index contributed by atoms with van der Waals surface area (Å²) in [6.07, 6.45) is -0.0309. The van der Waals surface area contributed by atoms with E-state index in [1.54, 1.807) is 121 Å². The van der Waals surface area contributed by atoms with Crippen molar-refractivity contribution in [1.82, 2.24) is 0 Å². The highest BCUT2D eigenvalue weighted by atomic mass is 28.6. The topological polar surface area (TPSA) is 135 Å². The molecule has 0 saturated carbocycles. The van der Waals surface area contributed by atoms with Crippen LogP contribution in [0.2, 0.25) is 6.55 Å². The monoisotopic (exact) mass is 866 g/mol. The molecule has 6 aromatic rings. The second-order valence-corrected chi connectivity index (χ2v) is 30.5. The van der Waals surface area contributed by atoms with E-state index in [1.165, 1.54) is 0 Å². The van der Waals surface area contributed by atoms with E-state index in [0.717, 1.165) is 0 Å². The molecule has 2 radical (unpaired) electrons. The third-order valence-electron chi connectivity index (χ3n) is 9.05. The fourth-order valence-electron chi connectivity index (χ4n) is 6.38. The molecule has 3 N–H and O–H groups in total. The lowest BCUT2D eigenvalue weighted by Gasteiger charge is -2.49. The van der Waals surface area contributed by atoms with E-state index in [9.17, 15) is 14.4 Å². The predicted molar refractivity (Wildman–Crippen MR) is 223 cm³/mol. The minimum Gasteiger partial charge on any atom is -0.410 e. The van der Waals surface area contributed by atoms with Crippen LogP contribution in [0.25, 0.3) is 0 Å². The Morgan fingerprint density at radius 3 is 1.41 bits per heavy atom. The molecule has 6 aromatic carbocycles. The molecule has 2 heterocycles. The number of hydrogen-bond donors (Lipinski definition) is 3. The van der Waals surface area contributed by atoms with Crippen LogP contribution in [0.3, 0.4) is 0 Å². The Hall–Kier alpha value is -3.60. The summed E-state index contributed by atoms with van der Waals surface area (Å²) in [5.41, 5.74) is 0. The molecular formula is C38H38O11Si7. The van der Waals surface area contributed by atoms with Gasteiger partial charge in [0.2, 0.25) is 9.04 Å². The Bertz CT molecular complexity index is 2200. The molecule has 8 rings (SSSR count). The van der Waals surface area contributed by atoms with Crippen molar-refractivity contribution in [2.75, 3.05) is 6.23 Å². The summed E-state index contributed by atoms with van der Waals surface area (Å²) in [5, 5.41) is 2.56. The zero-order valence-electron chi connectivity index (χ0n) is 30.1. The van der Waals surface area contributed by atoms with Gasteiger partial charge >= 0.3 is 53.3 Å². The molecule has 5 atom stereocenters. The van der Waals surface area contributed by atoms with Gasteiger partial charge in [-0.15, -0.1) is 0 Å². The first-order valence-corrected chi connectivity index (χ1v) is 30.0. The van der Waals surface area contributed by atoms with Crippen LogP contribution in [0.4, 0.5) is 0 Å². The van der Waals surface area contributed by atoms with Crippen LogP contribution in [-0.4, -0.2) is 83.0 Å². The van der Waals surface area contributed by atoms with Crippen molar-refractivity contribution in [2.24, 2.45) is 0 Å². The third-order valence-corrected chi connectivity index (χ3v) is 31.7. The molecule has 0 aromatic heterocycles. The van der Waals surface area contributed by atoms with Crippen LogP contribution in [0, 0.1) is 0 Å². The van der Waals surface area contributed by atoms with Crippen molar-refractivity contribution in [3.8, 4) is 0 Å².